The maximum absolute atomic E-state index is 11.3. The Bertz CT molecular complexity index is 530. The third-order valence-corrected chi connectivity index (χ3v) is 2.11. The van der Waals surface area contributed by atoms with Gasteiger partial charge in [0.1, 0.15) is 0 Å². The van der Waals surface area contributed by atoms with E-state index in [1.807, 2.05) is 0 Å². The molecule has 0 atom stereocenters. The zero-order valence-electron chi connectivity index (χ0n) is 10.1. The van der Waals surface area contributed by atoms with Crippen LogP contribution in [-0.4, -0.2) is 18.0 Å². The number of ether oxygens (including phenoxy) is 1. The second-order valence-corrected chi connectivity index (χ2v) is 3.66. The van der Waals surface area contributed by atoms with Crippen molar-refractivity contribution in [1.82, 2.24) is 0 Å². The summed E-state index contributed by atoms with van der Waals surface area (Å²) in [7, 11) is 1.43. The van der Waals surface area contributed by atoms with E-state index in [2.05, 4.69) is 18.4 Å². The van der Waals surface area contributed by atoms with Gasteiger partial charge in [-0.25, -0.2) is 0 Å². The van der Waals surface area contributed by atoms with Crippen LogP contribution in [0, 0.1) is 11.8 Å². The van der Waals surface area contributed by atoms with Gasteiger partial charge in [-0.3, -0.25) is 4.79 Å². The summed E-state index contributed by atoms with van der Waals surface area (Å²) in [6.07, 6.45) is 0. The van der Waals surface area contributed by atoms with Crippen LogP contribution in [0.5, 0.6) is 11.5 Å². The molecule has 1 aromatic carbocycles. The minimum atomic E-state index is -0.110. The lowest BCUT2D eigenvalue weighted by molar-refractivity contribution is 0.101. The molecule has 1 N–H and O–H groups in total. The molecule has 0 bridgehead atoms. The van der Waals surface area contributed by atoms with Gasteiger partial charge < -0.3 is 9.84 Å². The quantitative estimate of drug-likeness (QED) is 0.627. The molecule has 0 aliphatic heterocycles. The number of carbonyl (C=O) groups excluding carboxylic acids is 1. The summed E-state index contributed by atoms with van der Waals surface area (Å²) in [4.78, 5) is 11.3. The molecule has 1 rings (SSSR count). The van der Waals surface area contributed by atoms with Gasteiger partial charge in [0, 0.05) is 5.56 Å². The monoisotopic (exact) mass is 230 g/mol. The Labute approximate surface area is 101 Å². The summed E-state index contributed by atoms with van der Waals surface area (Å²) in [5.41, 5.74) is 1.49. The van der Waals surface area contributed by atoms with Gasteiger partial charge in [0.15, 0.2) is 17.3 Å². The van der Waals surface area contributed by atoms with Gasteiger partial charge in [0.25, 0.3) is 0 Å². The molecule has 0 aliphatic carbocycles. The second kappa shape index (κ2) is 5.22. The Morgan fingerprint density at radius 2 is 2.06 bits per heavy atom. The number of rotatable bonds is 2. The molecule has 17 heavy (non-hydrogen) atoms. The summed E-state index contributed by atoms with van der Waals surface area (Å²) < 4.78 is 4.99. The molecule has 0 saturated heterocycles. The third-order valence-electron chi connectivity index (χ3n) is 2.11. The van der Waals surface area contributed by atoms with E-state index in [4.69, 9.17) is 4.74 Å². The lowest BCUT2D eigenvalue weighted by atomic mass is 10.1. The van der Waals surface area contributed by atoms with Gasteiger partial charge >= 0.3 is 0 Å². The molecule has 0 amide bonds. The zero-order valence-corrected chi connectivity index (χ0v) is 10.1. The normalized spacial score (nSPS) is 9.12. The number of phenolic OH excluding ortho intramolecular Hbond substituents is 1. The number of hydrogen-bond acceptors (Lipinski definition) is 3. The van der Waals surface area contributed by atoms with E-state index < -0.39 is 0 Å². The fourth-order valence-electron chi connectivity index (χ4n) is 1.24. The second-order valence-electron chi connectivity index (χ2n) is 3.66. The number of carbonyl (C=O) groups is 1. The molecule has 88 valence electrons. The Balaban J connectivity index is 3.39. The Morgan fingerprint density at radius 1 is 1.41 bits per heavy atom. The molecular weight excluding hydrogens is 216 g/mol. The van der Waals surface area contributed by atoms with Crippen LogP contribution in [0.4, 0.5) is 0 Å². The first-order valence-electron chi connectivity index (χ1n) is 5.05. The number of phenols is 1. The van der Waals surface area contributed by atoms with Crippen molar-refractivity contribution >= 4 is 5.78 Å². The number of allylic oxidation sites excluding steroid dienone is 1. The van der Waals surface area contributed by atoms with Crippen LogP contribution >= 0.6 is 0 Å². The first-order chi connectivity index (χ1) is 7.95. The number of hydrogen-bond donors (Lipinski definition) is 1. The minimum Gasteiger partial charge on any atom is -0.503 e. The van der Waals surface area contributed by atoms with E-state index in [-0.39, 0.29) is 17.3 Å². The lowest BCUT2D eigenvalue weighted by Crippen LogP contribution is -1.96. The Kier molecular flexibility index (Phi) is 3.95. The number of ketones is 1. The van der Waals surface area contributed by atoms with E-state index in [0.29, 0.717) is 16.7 Å². The molecule has 1 aromatic rings. The van der Waals surface area contributed by atoms with E-state index >= 15 is 0 Å². The molecular formula is C14H14O3. The van der Waals surface area contributed by atoms with Crippen molar-refractivity contribution in [2.75, 3.05) is 7.11 Å². The zero-order chi connectivity index (χ0) is 13.0. The Morgan fingerprint density at radius 3 is 2.53 bits per heavy atom. The van der Waals surface area contributed by atoms with Gasteiger partial charge in [-0.05, 0) is 31.6 Å². The van der Waals surface area contributed by atoms with Crippen molar-refractivity contribution in [3.8, 4) is 23.3 Å². The van der Waals surface area contributed by atoms with Crippen LogP contribution in [0.2, 0.25) is 0 Å². The summed E-state index contributed by atoms with van der Waals surface area (Å²) in [6, 6.07) is 3.03. The van der Waals surface area contributed by atoms with Crippen molar-refractivity contribution < 1.29 is 14.6 Å². The van der Waals surface area contributed by atoms with Crippen LogP contribution in [0.3, 0.4) is 0 Å². The van der Waals surface area contributed by atoms with Crippen LogP contribution in [0.15, 0.2) is 24.3 Å². The molecule has 0 radical (unpaired) electrons. The standard InChI is InChI=1S/C14H14O3/c1-9(2)5-6-11-7-12(10(3)15)8-13(17-4)14(11)16/h7-8,16H,1H2,2-4H3. The van der Waals surface area contributed by atoms with Gasteiger partial charge in [-0.1, -0.05) is 18.4 Å². The van der Waals surface area contributed by atoms with Gasteiger partial charge in [-0.15, -0.1) is 0 Å². The fraction of sp³-hybridized carbons (Fsp3) is 0.214. The minimum absolute atomic E-state index is 0.0637. The Hall–Kier alpha value is -2.21. The fourth-order valence-corrected chi connectivity index (χ4v) is 1.24. The lowest BCUT2D eigenvalue weighted by Gasteiger charge is -2.07. The highest BCUT2D eigenvalue weighted by Gasteiger charge is 2.11. The highest BCUT2D eigenvalue weighted by Crippen LogP contribution is 2.31. The smallest absolute Gasteiger partial charge is 0.173 e. The summed E-state index contributed by atoms with van der Waals surface area (Å²) in [5, 5.41) is 9.84. The highest BCUT2D eigenvalue weighted by atomic mass is 16.5. The maximum Gasteiger partial charge on any atom is 0.173 e. The predicted molar refractivity (Wildman–Crippen MR) is 66.4 cm³/mol. The third kappa shape index (κ3) is 3.12. The molecule has 0 unspecified atom stereocenters. The van der Waals surface area contributed by atoms with E-state index in [1.165, 1.54) is 26.2 Å². The number of aromatic hydroxyl groups is 1. The average Bonchev–Trinajstić information content (AvgIpc) is 2.27. The number of Topliss-reactive ketones (excluding diaryl/α,β-unsaturated/α-hetero) is 1. The molecule has 0 aliphatic rings. The highest BCUT2D eigenvalue weighted by molar-refractivity contribution is 5.95. The molecule has 0 spiro atoms. The van der Waals surface area contributed by atoms with Gasteiger partial charge in [-0.2, -0.15) is 0 Å². The topological polar surface area (TPSA) is 46.5 Å². The van der Waals surface area contributed by atoms with Crippen LogP contribution < -0.4 is 4.74 Å². The van der Waals surface area contributed by atoms with Crippen molar-refractivity contribution in [2.45, 2.75) is 13.8 Å². The van der Waals surface area contributed by atoms with Crippen LogP contribution in [0.25, 0.3) is 0 Å². The van der Waals surface area contributed by atoms with Crippen molar-refractivity contribution in [1.29, 1.82) is 0 Å². The molecule has 0 fully saturated rings. The van der Waals surface area contributed by atoms with Gasteiger partial charge in [0.05, 0.1) is 12.7 Å². The van der Waals surface area contributed by atoms with E-state index in [0.717, 1.165) is 0 Å². The largest absolute Gasteiger partial charge is 0.503 e. The van der Waals surface area contributed by atoms with Crippen LogP contribution in [-0.2, 0) is 0 Å². The predicted octanol–water partition coefficient (Wildman–Crippen LogP) is 2.53. The maximum atomic E-state index is 11.3. The van der Waals surface area contributed by atoms with Crippen molar-refractivity contribution in [2.24, 2.45) is 0 Å². The summed E-state index contributed by atoms with van der Waals surface area (Å²) in [6.45, 7) is 6.85. The molecule has 0 heterocycles. The summed E-state index contributed by atoms with van der Waals surface area (Å²) >= 11 is 0. The van der Waals surface area contributed by atoms with Crippen molar-refractivity contribution in [3.63, 3.8) is 0 Å². The van der Waals surface area contributed by atoms with Gasteiger partial charge in [0.2, 0.25) is 0 Å². The average molecular weight is 230 g/mol. The first-order valence-corrected chi connectivity index (χ1v) is 5.05. The molecule has 3 heteroatoms. The van der Waals surface area contributed by atoms with E-state index in [9.17, 15) is 9.90 Å². The SMILES string of the molecule is C=C(C)C#Cc1cc(C(C)=O)cc(OC)c1O. The number of methoxy groups -OCH3 is 1. The van der Waals surface area contributed by atoms with Crippen LogP contribution in [0.1, 0.15) is 29.8 Å². The summed E-state index contributed by atoms with van der Waals surface area (Å²) in [5.74, 6) is 5.57. The molecule has 3 nitrogen and oxygen atoms in total. The molecule has 0 aromatic heterocycles. The van der Waals surface area contributed by atoms with Crippen molar-refractivity contribution in [3.05, 3.63) is 35.4 Å². The van der Waals surface area contributed by atoms with E-state index in [1.54, 1.807) is 6.92 Å². The first kappa shape index (κ1) is 12.9. The molecule has 0 saturated carbocycles. The number of benzene rings is 1.